The third-order valence-electron chi connectivity index (χ3n) is 3.29. The number of carboxylic acids is 1. The lowest BCUT2D eigenvalue weighted by Crippen LogP contribution is -2.10. The van der Waals surface area contributed by atoms with Crippen LogP contribution in [0.1, 0.15) is 21.9 Å². The molecule has 0 unspecified atom stereocenters. The van der Waals surface area contributed by atoms with Crippen LogP contribution >= 0.6 is 23.2 Å². The summed E-state index contributed by atoms with van der Waals surface area (Å²) in [5, 5.41) is 22.2. The highest BCUT2D eigenvalue weighted by molar-refractivity contribution is 6.35. The second kappa shape index (κ2) is 5.23. The molecule has 8 heteroatoms. The van der Waals surface area contributed by atoms with Crippen LogP contribution in [0.4, 0.5) is 0 Å². The molecule has 22 heavy (non-hydrogen) atoms. The van der Waals surface area contributed by atoms with E-state index in [0.29, 0.717) is 27.1 Å². The molecule has 2 aromatic heterocycles. The first-order valence-electron chi connectivity index (χ1n) is 6.31. The average Bonchev–Trinajstić information content (AvgIpc) is 2.74. The quantitative estimate of drug-likeness (QED) is 0.775. The molecule has 112 valence electrons. The first-order chi connectivity index (χ1) is 10.4. The molecule has 0 aliphatic heterocycles. The van der Waals surface area contributed by atoms with Crippen molar-refractivity contribution < 1.29 is 9.90 Å². The fourth-order valence-corrected chi connectivity index (χ4v) is 2.87. The van der Waals surface area contributed by atoms with Gasteiger partial charge < -0.3 is 5.11 Å². The number of aromatic nitrogens is 4. The molecule has 0 saturated heterocycles. The Kier molecular flexibility index (Phi) is 3.50. The minimum absolute atomic E-state index is 0.134. The van der Waals surface area contributed by atoms with Crippen molar-refractivity contribution in [3.8, 4) is 11.1 Å². The predicted octanol–water partition coefficient (Wildman–Crippen LogP) is 3.41. The Labute approximate surface area is 135 Å². The van der Waals surface area contributed by atoms with Crippen molar-refractivity contribution >= 4 is 34.8 Å². The minimum atomic E-state index is -1.15. The van der Waals surface area contributed by atoms with Gasteiger partial charge in [0.05, 0.1) is 17.0 Å². The van der Waals surface area contributed by atoms with Crippen molar-refractivity contribution in [2.75, 3.05) is 0 Å². The number of aromatic carboxylic acids is 1. The molecule has 1 N–H and O–H groups in total. The zero-order valence-electron chi connectivity index (χ0n) is 11.6. The zero-order valence-corrected chi connectivity index (χ0v) is 13.1. The van der Waals surface area contributed by atoms with Crippen LogP contribution in [-0.2, 0) is 0 Å². The van der Waals surface area contributed by atoms with Crippen LogP contribution < -0.4 is 0 Å². The van der Waals surface area contributed by atoms with Gasteiger partial charge in [-0.2, -0.15) is 5.10 Å². The standard InChI is InChI=1S/C14H10Cl2N4O2/c1-6-11(8-3-9(15)5-10(16)4-8)13-18-17-12(14(21)22)7(2)20(13)19-6/h3-5H,1-2H3,(H,21,22). The van der Waals surface area contributed by atoms with E-state index in [4.69, 9.17) is 28.3 Å². The number of benzene rings is 1. The van der Waals surface area contributed by atoms with Gasteiger partial charge in [-0.1, -0.05) is 23.2 Å². The van der Waals surface area contributed by atoms with E-state index in [-0.39, 0.29) is 5.69 Å². The van der Waals surface area contributed by atoms with Gasteiger partial charge in [0, 0.05) is 10.0 Å². The first-order valence-corrected chi connectivity index (χ1v) is 7.06. The molecule has 0 atom stereocenters. The van der Waals surface area contributed by atoms with Crippen LogP contribution in [0, 0.1) is 13.8 Å². The third-order valence-corrected chi connectivity index (χ3v) is 3.73. The van der Waals surface area contributed by atoms with E-state index in [0.717, 1.165) is 11.1 Å². The molecule has 3 aromatic rings. The van der Waals surface area contributed by atoms with E-state index in [1.54, 1.807) is 32.0 Å². The molecule has 2 heterocycles. The van der Waals surface area contributed by atoms with Crippen molar-refractivity contribution in [1.29, 1.82) is 0 Å². The van der Waals surface area contributed by atoms with Crippen molar-refractivity contribution in [2.24, 2.45) is 0 Å². The van der Waals surface area contributed by atoms with Crippen LogP contribution in [0.2, 0.25) is 10.0 Å². The molecule has 3 rings (SSSR count). The number of nitrogens with zero attached hydrogens (tertiary/aromatic N) is 4. The number of fused-ring (bicyclic) bond motifs is 1. The van der Waals surface area contributed by atoms with Crippen LogP contribution in [-0.4, -0.2) is 30.9 Å². The smallest absolute Gasteiger partial charge is 0.358 e. The summed E-state index contributed by atoms with van der Waals surface area (Å²) in [6, 6.07) is 5.13. The number of hydrogen-bond donors (Lipinski definition) is 1. The van der Waals surface area contributed by atoms with Gasteiger partial charge in [0.2, 0.25) is 0 Å². The van der Waals surface area contributed by atoms with Gasteiger partial charge in [0.15, 0.2) is 11.3 Å². The molecular weight excluding hydrogens is 327 g/mol. The molecule has 1 aromatic carbocycles. The summed E-state index contributed by atoms with van der Waals surface area (Å²) in [6.07, 6.45) is 0. The van der Waals surface area contributed by atoms with Gasteiger partial charge in [0.25, 0.3) is 0 Å². The Morgan fingerprint density at radius 1 is 1.14 bits per heavy atom. The van der Waals surface area contributed by atoms with Gasteiger partial charge in [-0.25, -0.2) is 9.31 Å². The Morgan fingerprint density at radius 3 is 2.36 bits per heavy atom. The van der Waals surface area contributed by atoms with Crippen LogP contribution in [0.15, 0.2) is 18.2 Å². The summed E-state index contributed by atoms with van der Waals surface area (Å²) in [7, 11) is 0. The maximum absolute atomic E-state index is 11.1. The Morgan fingerprint density at radius 2 is 1.77 bits per heavy atom. The molecule has 0 fully saturated rings. The monoisotopic (exact) mass is 336 g/mol. The summed E-state index contributed by atoms with van der Waals surface area (Å²) in [5.41, 5.74) is 2.88. The lowest BCUT2D eigenvalue weighted by molar-refractivity contribution is 0.0687. The van der Waals surface area contributed by atoms with Crippen molar-refractivity contribution in [3.05, 3.63) is 45.3 Å². The zero-order chi connectivity index (χ0) is 16.0. The molecule has 0 bridgehead atoms. The second-order valence-electron chi connectivity index (χ2n) is 4.79. The number of carboxylic acid groups (broad SMARTS) is 1. The highest BCUT2D eigenvalue weighted by Gasteiger charge is 2.20. The summed E-state index contributed by atoms with van der Waals surface area (Å²) in [6.45, 7) is 3.44. The minimum Gasteiger partial charge on any atom is -0.476 e. The van der Waals surface area contributed by atoms with E-state index < -0.39 is 5.97 Å². The molecule has 0 aliphatic carbocycles. The largest absolute Gasteiger partial charge is 0.476 e. The molecular formula is C14H10Cl2N4O2. The molecule has 6 nitrogen and oxygen atoms in total. The van der Waals surface area contributed by atoms with Gasteiger partial charge in [-0.15, -0.1) is 10.2 Å². The van der Waals surface area contributed by atoms with E-state index >= 15 is 0 Å². The SMILES string of the molecule is Cc1nn2c(C)c(C(=O)O)nnc2c1-c1cc(Cl)cc(Cl)c1. The fraction of sp³-hybridized carbons (Fsp3) is 0.143. The van der Waals surface area contributed by atoms with Gasteiger partial charge in [0.1, 0.15) is 0 Å². The Balaban J connectivity index is 2.33. The number of rotatable bonds is 2. The van der Waals surface area contributed by atoms with Crippen molar-refractivity contribution in [3.63, 3.8) is 0 Å². The fourth-order valence-electron chi connectivity index (χ4n) is 2.34. The van der Waals surface area contributed by atoms with Crippen LogP contribution in [0.3, 0.4) is 0 Å². The molecule has 0 amide bonds. The molecule has 0 spiro atoms. The topological polar surface area (TPSA) is 80.4 Å². The van der Waals surface area contributed by atoms with E-state index in [1.165, 1.54) is 4.52 Å². The summed E-state index contributed by atoms with van der Waals surface area (Å²) in [4.78, 5) is 11.1. The Bertz CT molecular complexity index is 901. The second-order valence-corrected chi connectivity index (χ2v) is 5.67. The van der Waals surface area contributed by atoms with Crippen LogP contribution in [0.25, 0.3) is 16.8 Å². The molecule has 0 saturated carbocycles. The maximum Gasteiger partial charge on any atom is 0.358 e. The van der Waals surface area contributed by atoms with Crippen molar-refractivity contribution in [2.45, 2.75) is 13.8 Å². The number of halogens is 2. The number of hydrogen-bond acceptors (Lipinski definition) is 4. The number of aryl methyl sites for hydroxylation is 2. The maximum atomic E-state index is 11.1. The summed E-state index contributed by atoms with van der Waals surface area (Å²) < 4.78 is 1.47. The highest BCUT2D eigenvalue weighted by atomic mass is 35.5. The third kappa shape index (κ3) is 2.30. The van der Waals surface area contributed by atoms with Gasteiger partial charge >= 0.3 is 5.97 Å². The lowest BCUT2D eigenvalue weighted by atomic mass is 10.1. The summed E-state index contributed by atoms with van der Waals surface area (Å²) >= 11 is 12.1. The first kappa shape index (κ1) is 14.7. The van der Waals surface area contributed by atoms with Crippen LogP contribution in [0.5, 0.6) is 0 Å². The lowest BCUT2D eigenvalue weighted by Gasteiger charge is -2.04. The predicted molar refractivity (Wildman–Crippen MR) is 82.7 cm³/mol. The Hall–Kier alpha value is -2.18. The van der Waals surface area contributed by atoms with E-state index in [2.05, 4.69) is 15.3 Å². The van der Waals surface area contributed by atoms with E-state index in [9.17, 15) is 4.79 Å². The average molecular weight is 337 g/mol. The highest BCUT2D eigenvalue weighted by Crippen LogP contribution is 2.32. The molecule has 0 radical (unpaired) electrons. The van der Waals surface area contributed by atoms with Gasteiger partial charge in [-0.05, 0) is 37.6 Å². The van der Waals surface area contributed by atoms with Gasteiger partial charge in [-0.3, -0.25) is 0 Å². The molecule has 0 aliphatic rings. The number of carbonyl (C=O) groups is 1. The summed E-state index contributed by atoms with van der Waals surface area (Å²) in [5.74, 6) is -1.15. The van der Waals surface area contributed by atoms with E-state index in [1.807, 2.05) is 0 Å². The van der Waals surface area contributed by atoms with Crippen molar-refractivity contribution in [1.82, 2.24) is 19.8 Å². The normalized spacial score (nSPS) is 11.1.